The molecule has 4 rings (SSSR count). The number of rotatable bonds is 4. The van der Waals surface area contributed by atoms with Crippen molar-refractivity contribution in [3.05, 3.63) is 89.5 Å². The molecular formula is C24H23N3W. The van der Waals surface area contributed by atoms with E-state index in [4.69, 9.17) is 0 Å². The van der Waals surface area contributed by atoms with Gasteiger partial charge in [-0.05, 0) is 42.0 Å². The van der Waals surface area contributed by atoms with Gasteiger partial charge in [0, 0.05) is 59.0 Å². The van der Waals surface area contributed by atoms with Crippen molar-refractivity contribution in [1.82, 2.24) is 0 Å². The van der Waals surface area contributed by atoms with Crippen molar-refractivity contribution in [2.45, 2.75) is 6.42 Å². The normalized spacial score (nSPS) is 12.8. The second-order valence-corrected chi connectivity index (χ2v) is 7.01. The second-order valence-electron chi connectivity index (χ2n) is 7.01. The monoisotopic (exact) mass is 537 g/mol. The Kier molecular flexibility index (Phi) is 6.26. The Morgan fingerprint density at radius 3 is 2.36 bits per heavy atom. The van der Waals surface area contributed by atoms with Gasteiger partial charge in [0.05, 0.1) is 5.69 Å². The molecule has 0 N–H and O–H groups in total. The molecule has 1 aliphatic heterocycles. The van der Waals surface area contributed by atoms with Gasteiger partial charge in [-0.25, -0.2) is 0 Å². The van der Waals surface area contributed by atoms with Crippen molar-refractivity contribution < 1.29 is 25.6 Å². The molecule has 1 heterocycles. The first-order valence-corrected chi connectivity index (χ1v) is 9.13. The van der Waals surface area contributed by atoms with Gasteiger partial charge in [0.1, 0.15) is 12.7 Å². The number of nitrogens with zero attached hydrogens (tertiary/aromatic N) is 3. The van der Waals surface area contributed by atoms with E-state index in [9.17, 15) is 0 Å². The summed E-state index contributed by atoms with van der Waals surface area (Å²) in [4.78, 5) is 6.70. The Morgan fingerprint density at radius 1 is 1.00 bits per heavy atom. The maximum Gasteiger partial charge on any atom is 0.180 e. The van der Waals surface area contributed by atoms with E-state index in [2.05, 4.69) is 82.2 Å². The van der Waals surface area contributed by atoms with E-state index in [0.29, 0.717) is 0 Å². The van der Waals surface area contributed by atoms with Gasteiger partial charge >= 0.3 is 0 Å². The van der Waals surface area contributed by atoms with Crippen molar-refractivity contribution in [2.75, 3.05) is 26.0 Å². The molecule has 0 amide bonds. The third kappa shape index (κ3) is 4.15. The Labute approximate surface area is 181 Å². The standard InChI is InChI=1S/C24H23N3.W/c1-26(2)22-14-8-18(9-15-22)17-25-21-12-10-19(11-13-21)24-16-20-6-4-5-7-23(20)27(24)3;/h4-5,7-15,17H,16H2,1-3H3;. The average molecular weight is 537 g/mol. The smallest absolute Gasteiger partial charge is 0.180 e. The molecule has 3 aromatic carbocycles. The Hall–Kier alpha value is -2.51. The molecule has 140 valence electrons. The van der Waals surface area contributed by atoms with E-state index in [0.717, 1.165) is 17.7 Å². The first-order valence-electron chi connectivity index (χ1n) is 9.13. The van der Waals surface area contributed by atoms with Crippen molar-refractivity contribution in [3.63, 3.8) is 0 Å². The third-order valence-electron chi connectivity index (χ3n) is 5.00. The zero-order valence-corrected chi connectivity index (χ0v) is 19.3. The van der Waals surface area contributed by atoms with E-state index < -0.39 is 0 Å². The summed E-state index contributed by atoms with van der Waals surface area (Å²) >= 11 is 0. The molecule has 0 bridgehead atoms. The van der Waals surface area contributed by atoms with Crippen molar-refractivity contribution in [2.24, 2.45) is 4.99 Å². The van der Waals surface area contributed by atoms with Crippen LogP contribution >= 0.6 is 0 Å². The average Bonchev–Trinajstić information content (AvgIpc) is 3.04. The van der Waals surface area contributed by atoms with E-state index in [-0.39, 0.29) is 21.1 Å². The van der Waals surface area contributed by atoms with Crippen LogP contribution in [0.25, 0.3) is 0 Å². The first-order chi connectivity index (χ1) is 13.1. The summed E-state index contributed by atoms with van der Waals surface area (Å²) in [6.45, 7) is 0. The second kappa shape index (κ2) is 8.66. The fourth-order valence-corrected chi connectivity index (χ4v) is 3.39. The molecule has 3 aromatic rings. The van der Waals surface area contributed by atoms with E-state index in [1.54, 1.807) is 0 Å². The van der Waals surface area contributed by atoms with Crippen LogP contribution in [0.2, 0.25) is 0 Å². The predicted molar refractivity (Wildman–Crippen MR) is 113 cm³/mol. The van der Waals surface area contributed by atoms with E-state index in [1.165, 1.54) is 28.2 Å². The molecule has 0 fully saturated rings. The number of anilines is 1. The Morgan fingerprint density at radius 2 is 1.71 bits per heavy atom. The maximum atomic E-state index is 4.61. The topological polar surface area (TPSA) is 18.6 Å². The molecule has 0 aliphatic carbocycles. The predicted octanol–water partition coefficient (Wildman–Crippen LogP) is 4.62. The van der Waals surface area contributed by atoms with Crippen LogP contribution in [0.1, 0.15) is 16.7 Å². The van der Waals surface area contributed by atoms with Crippen LogP contribution < -0.4 is 4.90 Å². The molecule has 0 saturated heterocycles. The fourth-order valence-electron chi connectivity index (χ4n) is 3.39. The summed E-state index contributed by atoms with van der Waals surface area (Å²) in [5.41, 5.74) is 8.29. The van der Waals surface area contributed by atoms with Crippen molar-refractivity contribution >= 4 is 29.0 Å². The van der Waals surface area contributed by atoms with Crippen molar-refractivity contribution in [1.29, 1.82) is 0 Å². The number of hydrogen-bond acceptors (Lipinski definition) is 2. The molecule has 1 aliphatic rings. The molecule has 4 heteroatoms. The largest absolute Gasteiger partial charge is 0.378 e. The quantitative estimate of drug-likeness (QED) is 0.270. The van der Waals surface area contributed by atoms with Gasteiger partial charge in [0.15, 0.2) is 5.71 Å². The van der Waals surface area contributed by atoms with Crippen LogP contribution in [-0.2, 0) is 27.5 Å². The van der Waals surface area contributed by atoms with Gasteiger partial charge in [0.2, 0.25) is 0 Å². The minimum absolute atomic E-state index is 0. The van der Waals surface area contributed by atoms with Gasteiger partial charge in [-0.1, -0.05) is 17.7 Å². The molecule has 0 radical (unpaired) electrons. The van der Waals surface area contributed by atoms with Gasteiger partial charge in [-0.15, -0.1) is 6.07 Å². The summed E-state index contributed by atoms with van der Waals surface area (Å²) < 4.78 is 2.26. The van der Waals surface area contributed by atoms with E-state index >= 15 is 0 Å². The van der Waals surface area contributed by atoms with Crippen LogP contribution in [0.3, 0.4) is 0 Å². The molecule has 0 spiro atoms. The summed E-state index contributed by atoms with van der Waals surface area (Å²) in [5.74, 6) is 0. The molecule has 0 saturated carbocycles. The van der Waals surface area contributed by atoms with E-state index in [1.807, 2.05) is 32.4 Å². The molecular weight excluding hydrogens is 514 g/mol. The molecule has 3 nitrogen and oxygen atoms in total. The number of aliphatic imine (C=N–C) groups is 1. The van der Waals surface area contributed by atoms with Gasteiger partial charge < -0.3 is 4.90 Å². The number of benzene rings is 3. The van der Waals surface area contributed by atoms with Crippen LogP contribution in [0.4, 0.5) is 17.1 Å². The summed E-state index contributed by atoms with van der Waals surface area (Å²) in [6, 6.07) is 26.4. The van der Waals surface area contributed by atoms with Crippen molar-refractivity contribution in [3.8, 4) is 0 Å². The van der Waals surface area contributed by atoms with Crippen LogP contribution in [0.5, 0.6) is 0 Å². The SMILES string of the molecule is CN(C)c1ccc(C=Nc2ccc(C3=[N+](C)c4ccc[c-]c4C3)cc2)cc1.[W]. The van der Waals surface area contributed by atoms with Crippen LogP contribution in [0.15, 0.2) is 71.7 Å². The number of hydrogen-bond donors (Lipinski definition) is 0. The number of fused-ring (bicyclic) bond motifs is 1. The molecule has 0 aromatic heterocycles. The van der Waals surface area contributed by atoms with Gasteiger partial charge in [-0.2, -0.15) is 18.2 Å². The van der Waals surface area contributed by atoms with Gasteiger partial charge in [-0.3, -0.25) is 9.57 Å². The summed E-state index contributed by atoms with van der Waals surface area (Å²) in [6.07, 6.45) is 2.83. The fraction of sp³-hybridized carbons (Fsp3) is 0.167. The molecule has 28 heavy (non-hydrogen) atoms. The summed E-state index contributed by atoms with van der Waals surface area (Å²) in [5, 5.41) is 0. The van der Waals surface area contributed by atoms with Crippen LogP contribution in [-0.4, -0.2) is 37.6 Å². The van der Waals surface area contributed by atoms with Gasteiger partial charge in [0.25, 0.3) is 0 Å². The summed E-state index contributed by atoms with van der Waals surface area (Å²) in [7, 11) is 6.21. The Bertz CT molecular complexity index is 1020. The minimum Gasteiger partial charge on any atom is -0.378 e. The minimum atomic E-state index is 0. The molecule has 0 atom stereocenters. The van der Waals surface area contributed by atoms with Crippen LogP contribution in [0, 0.1) is 6.07 Å². The maximum absolute atomic E-state index is 4.61. The zero-order valence-electron chi connectivity index (χ0n) is 16.4. The Balaban J connectivity index is 0.00000225. The first kappa shape index (κ1) is 20.2. The zero-order chi connectivity index (χ0) is 18.8. The third-order valence-corrected chi connectivity index (χ3v) is 5.00. The molecule has 0 unspecified atom stereocenters.